The SMILES string of the molecule is Cc1ccc(C(=O)c2nccc3ccccc23)cc1F. The van der Waals surface area contributed by atoms with Crippen molar-refractivity contribution in [3.05, 3.63) is 77.4 Å². The van der Waals surface area contributed by atoms with Gasteiger partial charge in [0.05, 0.1) is 0 Å². The van der Waals surface area contributed by atoms with Crippen molar-refractivity contribution in [1.82, 2.24) is 4.98 Å². The first-order valence-corrected chi connectivity index (χ1v) is 6.31. The van der Waals surface area contributed by atoms with Crippen molar-refractivity contribution in [1.29, 1.82) is 0 Å². The fourth-order valence-electron chi connectivity index (χ4n) is 2.17. The number of carbonyl (C=O) groups is 1. The Labute approximate surface area is 115 Å². The lowest BCUT2D eigenvalue weighted by atomic mass is 10.0. The van der Waals surface area contributed by atoms with Gasteiger partial charge in [-0.15, -0.1) is 0 Å². The van der Waals surface area contributed by atoms with Crippen LogP contribution < -0.4 is 0 Å². The number of aromatic nitrogens is 1. The van der Waals surface area contributed by atoms with E-state index in [9.17, 15) is 9.18 Å². The summed E-state index contributed by atoms with van der Waals surface area (Å²) < 4.78 is 13.6. The van der Waals surface area contributed by atoms with Gasteiger partial charge in [0, 0.05) is 17.1 Å². The molecule has 0 atom stereocenters. The third-order valence-corrected chi connectivity index (χ3v) is 3.32. The van der Waals surface area contributed by atoms with Gasteiger partial charge in [0.2, 0.25) is 5.78 Å². The molecular formula is C17H12FNO. The van der Waals surface area contributed by atoms with Crippen LogP contribution in [0.25, 0.3) is 10.8 Å². The van der Waals surface area contributed by atoms with Crippen LogP contribution in [0.3, 0.4) is 0 Å². The molecule has 0 unspecified atom stereocenters. The summed E-state index contributed by atoms with van der Waals surface area (Å²) in [5, 5.41) is 1.72. The zero-order valence-corrected chi connectivity index (χ0v) is 10.9. The molecule has 1 aromatic heterocycles. The number of carbonyl (C=O) groups excluding carboxylic acids is 1. The number of aryl methyl sites for hydroxylation is 1. The molecule has 0 aliphatic heterocycles. The van der Waals surface area contributed by atoms with E-state index in [4.69, 9.17) is 0 Å². The first-order chi connectivity index (χ1) is 9.66. The molecule has 0 saturated carbocycles. The molecule has 0 aliphatic carbocycles. The van der Waals surface area contributed by atoms with Crippen molar-refractivity contribution in [3.8, 4) is 0 Å². The highest BCUT2D eigenvalue weighted by Crippen LogP contribution is 2.20. The lowest BCUT2D eigenvalue weighted by Gasteiger charge is -2.05. The second-order valence-electron chi connectivity index (χ2n) is 4.67. The Morgan fingerprint density at radius 2 is 1.90 bits per heavy atom. The quantitative estimate of drug-likeness (QED) is 0.657. The number of pyridine rings is 1. The molecule has 20 heavy (non-hydrogen) atoms. The molecule has 3 heteroatoms. The van der Waals surface area contributed by atoms with Crippen molar-refractivity contribution in [2.75, 3.05) is 0 Å². The average molecular weight is 265 g/mol. The molecule has 98 valence electrons. The maximum Gasteiger partial charge on any atom is 0.212 e. The normalized spacial score (nSPS) is 10.7. The van der Waals surface area contributed by atoms with E-state index in [1.165, 1.54) is 6.07 Å². The van der Waals surface area contributed by atoms with Crippen molar-refractivity contribution >= 4 is 16.6 Å². The van der Waals surface area contributed by atoms with Crippen LogP contribution in [0.4, 0.5) is 4.39 Å². The Kier molecular flexibility index (Phi) is 3.03. The van der Waals surface area contributed by atoms with E-state index in [-0.39, 0.29) is 11.6 Å². The third-order valence-electron chi connectivity index (χ3n) is 3.32. The summed E-state index contributed by atoms with van der Waals surface area (Å²) in [5.74, 6) is -0.642. The van der Waals surface area contributed by atoms with Crippen LogP contribution in [0.15, 0.2) is 54.7 Å². The highest BCUT2D eigenvalue weighted by atomic mass is 19.1. The molecule has 0 aliphatic rings. The number of fused-ring (bicyclic) bond motifs is 1. The summed E-state index contributed by atoms with van der Waals surface area (Å²) in [4.78, 5) is 16.7. The molecule has 2 nitrogen and oxygen atoms in total. The molecule has 3 rings (SSSR count). The van der Waals surface area contributed by atoms with Gasteiger partial charge in [-0.05, 0) is 30.0 Å². The van der Waals surface area contributed by atoms with Gasteiger partial charge in [-0.1, -0.05) is 36.4 Å². The number of hydrogen-bond acceptors (Lipinski definition) is 2. The van der Waals surface area contributed by atoms with Crippen molar-refractivity contribution < 1.29 is 9.18 Å². The van der Waals surface area contributed by atoms with E-state index in [2.05, 4.69) is 4.98 Å². The number of ketones is 1. The second kappa shape index (κ2) is 4.85. The summed E-state index contributed by atoms with van der Waals surface area (Å²) in [6.45, 7) is 1.67. The highest BCUT2D eigenvalue weighted by Gasteiger charge is 2.15. The number of rotatable bonds is 2. The fourth-order valence-corrected chi connectivity index (χ4v) is 2.17. The number of hydrogen-bond donors (Lipinski definition) is 0. The van der Waals surface area contributed by atoms with Gasteiger partial charge >= 0.3 is 0 Å². The van der Waals surface area contributed by atoms with Gasteiger partial charge < -0.3 is 0 Å². The van der Waals surface area contributed by atoms with E-state index in [0.717, 1.165) is 10.8 Å². The minimum absolute atomic E-state index is 0.263. The van der Waals surface area contributed by atoms with Crippen LogP contribution in [-0.4, -0.2) is 10.8 Å². The zero-order valence-electron chi connectivity index (χ0n) is 10.9. The predicted octanol–water partition coefficient (Wildman–Crippen LogP) is 3.91. The zero-order chi connectivity index (χ0) is 14.1. The van der Waals surface area contributed by atoms with Crippen molar-refractivity contribution in [3.63, 3.8) is 0 Å². The summed E-state index contributed by atoms with van der Waals surface area (Å²) in [6, 6.07) is 13.9. The standard InChI is InChI=1S/C17H12FNO/c1-11-6-7-13(10-15(11)18)17(20)16-14-5-3-2-4-12(14)8-9-19-16/h2-10H,1H3. The molecule has 3 aromatic rings. The van der Waals surface area contributed by atoms with Crippen LogP contribution in [0.2, 0.25) is 0 Å². The van der Waals surface area contributed by atoms with Gasteiger partial charge in [-0.2, -0.15) is 0 Å². The summed E-state index contributed by atoms with van der Waals surface area (Å²) in [5.41, 5.74) is 1.19. The van der Waals surface area contributed by atoms with Crippen molar-refractivity contribution in [2.24, 2.45) is 0 Å². The van der Waals surface area contributed by atoms with Crippen molar-refractivity contribution in [2.45, 2.75) is 6.92 Å². The van der Waals surface area contributed by atoms with Gasteiger partial charge in [-0.3, -0.25) is 9.78 Å². The van der Waals surface area contributed by atoms with Crippen LogP contribution in [0.5, 0.6) is 0 Å². The molecule has 0 saturated heterocycles. The smallest absolute Gasteiger partial charge is 0.212 e. The van der Waals surface area contributed by atoms with E-state index < -0.39 is 0 Å². The van der Waals surface area contributed by atoms with E-state index >= 15 is 0 Å². The Morgan fingerprint density at radius 1 is 1.10 bits per heavy atom. The maximum absolute atomic E-state index is 13.6. The van der Waals surface area contributed by atoms with Gasteiger partial charge in [0.1, 0.15) is 11.5 Å². The lowest BCUT2D eigenvalue weighted by molar-refractivity contribution is 0.103. The van der Waals surface area contributed by atoms with E-state index in [1.807, 2.05) is 30.3 Å². The minimum atomic E-state index is -0.379. The number of halogens is 1. The van der Waals surface area contributed by atoms with Gasteiger partial charge in [-0.25, -0.2) is 4.39 Å². The molecule has 0 N–H and O–H groups in total. The maximum atomic E-state index is 13.6. The minimum Gasteiger partial charge on any atom is -0.287 e. The Hall–Kier alpha value is -2.55. The third kappa shape index (κ3) is 2.07. The summed E-state index contributed by atoms with van der Waals surface area (Å²) in [7, 11) is 0. The summed E-state index contributed by atoms with van der Waals surface area (Å²) >= 11 is 0. The second-order valence-corrected chi connectivity index (χ2v) is 4.67. The fraction of sp³-hybridized carbons (Fsp3) is 0.0588. The predicted molar refractivity (Wildman–Crippen MR) is 76.3 cm³/mol. The molecule has 0 radical (unpaired) electrons. The number of nitrogens with zero attached hydrogens (tertiary/aromatic N) is 1. The number of benzene rings is 2. The van der Waals surface area contributed by atoms with Crippen LogP contribution >= 0.6 is 0 Å². The topological polar surface area (TPSA) is 30.0 Å². The van der Waals surface area contributed by atoms with Crippen LogP contribution in [-0.2, 0) is 0 Å². The molecule has 0 amide bonds. The van der Waals surface area contributed by atoms with Crippen LogP contribution in [0.1, 0.15) is 21.6 Å². The molecule has 1 heterocycles. The lowest BCUT2D eigenvalue weighted by Crippen LogP contribution is -2.05. The largest absolute Gasteiger partial charge is 0.287 e. The van der Waals surface area contributed by atoms with E-state index in [1.54, 1.807) is 25.3 Å². The van der Waals surface area contributed by atoms with Gasteiger partial charge in [0.25, 0.3) is 0 Å². The van der Waals surface area contributed by atoms with E-state index in [0.29, 0.717) is 16.8 Å². The monoisotopic (exact) mass is 265 g/mol. The summed E-state index contributed by atoms with van der Waals surface area (Å²) in [6.07, 6.45) is 1.60. The Morgan fingerprint density at radius 3 is 2.70 bits per heavy atom. The first kappa shape index (κ1) is 12.5. The molecule has 2 aromatic carbocycles. The molecule has 0 fully saturated rings. The molecule has 0 bridgehead atoms. The first-order valence-electron chi connectivity index (χ1n) is 6.31. The Balaban J connectivity index is 2.15. The Bertz CT molecular complexity index is 806. The van der Waals surface area contributed by atoms with Gasteiger partial charge in [0.15, 0.2) is 0 Å². The highest BCUT2D eigenvalue weighted by molar-refractivity contribution is 6.14. The average Bonchev–Trinajstić information content (AvgIpc) is 2.49. The molecule has 0 spiro atoms. The molecular weight excluding hydrogens is 253 g/mol. The van der Waals surface area contributed by atoms with Crippen LogP contribution in [0, 0.1) is 12.7 Å².